The maximum atomic E-state index is 8.82. The Kier molecular flexibility index (Phi) is 5.01. The van der Waals surface area contributed by atoms with Crippen LogP contribution in [0.5, 0.6) is 5.75 Å². The van der Waals surface area contributed by atoms with Crippen molar-refractivity contribution in [2.45, 2.75) is 6.61 Å². The molecule has 116 valence electrons. The van der Waals surface area contributed by atoms with Gasteiger partial charge in [-0.2, -0.15) is 5.26 Å². The summed E-state index contributed by atoms with van der Waals surface area (Å²) < 4.78 is 5.83. The van der Waals surface area contributed by atoms with Gasteiger partial charge in [0.25, 0.3) is 0 Å². The van der Waals surface area contributed by atoms with Gasteiger partial charge in [-0.15, -0.1) is 0 Å². The van der Waals surface area contributed by atoms with Gasteiger partial charge < -0.3 is 4.74 Å². The van der Waals surface area contributed by atoms with E-state index in [9.17, 15) is 0 Å². The fourth-order valence-electron chi connectivity index (χ4n) is 2.26. The lowest BCUT2D eigenvalue weighted by atomic mass is 10.1. The molecule has 1 heterocycles. The molecule has 0 unspecified atom stereocenters. The van der Waals surface area contributed by atoms with Crippen molar-refractivity contribution in [1.82, 2.24) is 4.98 Å². The first-order valence-corrected chi connectivity index (χ1v) is 7.65. The highest BCUT2D eigenvalue weighted by Crippen LogP contribution is 2.17. The summed E-state index contributed by atoms with van der Waals surface area (Å²) in [5, 5.41) is 8.82. The van der Waals surface area contributed by atoms with Crippen molar-refractivity contribution in [3.63, 3.8) is 0 Å². The van der Waals surface area contributed by atoms with Gasteiger partial charge in [0.05, 0.1) is 17.3 Å². The van der Waals surface area contributed by atoms with E-state index < -0.39 is 0 Å². The molecule has 2 aromatic carbocycles. The average Bonchev–Trinajstić information content (AvgIpc) is 2.66. The van der Waals surface area contributed by atoms with Crippen LogP contribution in [0.2, 0.25) is 0 Å². The Bertz CT molecular complexity index is 862. The standard InChI is InChI=1S/C21H16N2O/c22-15-17-8-12-21(13-9-17)24-16-19-6-2-1-5-18(19)10-11-20-7-3-4-14-23-20/h1-14H,16H2/b11-10+. The molecule has 0 saturated carbocycles. The van der Waals surface area contributed by atoms with E-state index in [1.54, 1.807) is 18.3 Å². The first-order valence-electron chi connectivity index (χ1n) is 7.65. The number of nitrogens with zero attached hydrogens (tertiary/aromatic N) is 2. The fraction of sp³-hybridized carbons (Fsp3) is 0.0476. The molecule has 0 saturated heterocycles. The van der Waals surface area contributed by atoms with Crippen molar-refractivity contribution >= 4 is 12.2 Å². The van der Waals surface area contributed by atoms with E-state index in [0.717, 1.165) is 22.6 Å². The number of hydrogen-bond donors (Lipinski definition) is 0. The molecule has 3 aromatic rings. The van der Waals surface area contributed by atoms with E-state index in [4.69, 9.17) is 10.00 Å². The highest BCUT2D eigenvalue weighted by atomic mass is 16.5. The SMILES string of the molecule is N#Cc1ccc(OCc2ccccc2/C=C/c2ccccn2)cc1. The highest BCUT2D eigenvalue weighted by molar-refractivity contribution is 5.69. The topological polar surface area (TPSA) is 45.9 Å². The summed E-state index contributed by atoms with van der Waals surface area (Å²) in [6.07, 6.45) is 5.81. The third-order valence-electron chi connectivity index (χ3n) is 3.55. The number of aromatic nitrogens is 1. The molecular weight excluding hydrogens is 296 g/mol. The maximum Gasteiger partial charge on any atom is 0.119 e. The van der Waals surface area contributed by atoms with Crippen molar-refractivity contribution < 1.29 is 4.74 Å². The van der Waals surface area contributed by atoms with Crippen LogP contribution in [0.4, 0.5) is 0 Å². The second-order valence-electron chi connectivity index (χ2n) is 5.21. The van der Waals surface area contributed by atoms with Crippen LogP contribution in [0.15, 0.2) is 72.9 Å². The summed E-state index contributed by atoms with van der Waals surface area (Å²) in [7, 11) is 0. The van der Waals surface area contributed by atoms with Crippen LogP contribution in [0.3, 0.4) is 0 Å². The second-order valence-corrected chi connectivity index (χ2v) is 5.21. The smallest absolute Gasteiger partial charge is 0.119 e. The van der Waals surface area contributed by atoms with Crippen molar-refractivity contribution in [2.24, 2.45) is 0 Å². The number of rotatable bonds is 5. The van der Waals surface area contributed by atoms with Crippen LogP contribution in [-0.2, 0) is 6.61 Å². The molecule has 0 aliphatic heterocycles. The van der Waals surface area contributed by atoms with E-state index in [2.05, 4.69) is 17.1 Å². The molecule has 3 heteroatoms. The summed E-state index contributed by atoms with van der Waals surface area (Å²) >= 11 is 0. The monoisotopic (exact) mass is 312 g/mol. The van der Waals surface area contributed by atoms with E-state index in [-0.39, 0.29) is 0 Å². The Morgan fingerprint density at radius 1 is 0.917 bits per heavy atom. The molecule has 0 amide bonds. The normalized spacial score (nSPS) is 10.5. The molecule has 0 radical (unpaired) electrons. The van der Waals surface area contributed by atoms with Crippen LogP contribution in [0, 0.1) is 11.3 Å². The van der Waals surface area contributed by atoms with Crippen LogP contribution < -0.4 is 4.74 Å². The number of nitriles is 1. The number of hydrogen-bond acceptors (Lipinski definition) is 3. The van der Waals surface area contributed by atoms with Crippen LogP contribution in [0.25, 0.3) is 12.2 Å². The van der Waals surface area contributed by atoms with Crippen molar-refractivity contribution in [3.8, 4) is 11.8 Å². The molecular formula is C21H16N2O. The summed E-state index contributed by atoms with van der Waals surface area (Å²) in [5.74, 6) is 0.748. The molecule has 3 rings (SSSR count). The van der Waals surface area contributed by atoms with Crippen molar-refractivity contribution in [3.05, 3.63) is 95.3 Å². The predicted molar refractivity (Wildman–Crippen MR) is 95.1 cm³/mol. The molecule has 0 N–H and O–H groups in total. The van der Waals surface area contributed by atoms with E-state index >= 15 is 0 Å². The van der Waals surface area contributed by atoms with Gasteiger partial charge in [-0.1, -0.05) is 36.4 Å². The largest absolute Gasteiger partial charge is 0.489 e. The Morgan fingerprint density at radius 2 is 1.71 bits per heavy atom. The third-order valence-corrected chi connectivity index (χ3v) is 3.55. The predicted octanol–water partition coefficient (Wildman–Crippen LogP) is 4.70. The average molecular weight is 312 g/mol. The molecule has 0 aliphatic carbocycles. The molecule has 24 heavy (non-hydrogen) atoms. The van der Waals surface area contributed by atoms with Crippen LogP contribution in [0.1, 0.15) is 22.4 Å². The first-order chi connectivity index (χ1) is 11.8. The highest BCUT2D eigenvalue weighted by Gasteiger charge is 2.01. The van der Waals surface area contributed by atoms with Gasteiger partial charge in [0, 0.05) is 6.20 Å². The van der Waals surface area contributed by atoms with Gasteiger partial charge in [0.1, 0.15) is 12.4 Å². The third kappa shape index (κ3) is 4.08. The molecule has 3 nitrogen and oxygen atoms in total. The molecule has 0 fully saturated rings. The van der Waals surface area contributed by atoms with Crippen LogP contribution in [-0.4, -0.2) is 4.98 Å². The first kappa shape index (κ1) is 15.5. The van der Waals surface area contributed by atoms with E-state index in [1.807, 2.05) is 60.7 Å². The van der Waals surface area contributed by atoms with Gasteiger partial charge in [-0.25, -0.2) is 0 Å². The lowest BCUT2D eigenvalue weighted by Gasteiger charge is -2.09. The number of benzene rings is 2. The second kappa shape index (κ2) is 7.75. The van der Waals surface area contributed by atoms with Gasteiger partial charge in [-0.05, 0) is 53.6 Å². The minimum Gasteiger partial charge on any atom is -0.489 e. The molecule has 0 aliphatic rings. The summed E-state index contributed by atoms with van der Waals surface area (Å²) in [5.41, 5.74) is 3.73. The summed E-state index contributed by atoms with van der Waals surface area (Å²) in [4.78, 5) is 4.29. The van der Waals surface area contributed by atoms with Crippen LogP contribution >= 0.6 is 0 Å². The number of ether oxygens (including phenoxy) is 1. The van der Waals surface area contributed by atoms with Gasteiger partial charge in [0.15, 0.2) is 0 Å². The molecule has 0 atom stereocenters. The van der Waals surface area contributed by atoms with Gasteiger partial charge in [0.2, 0.25) is 0 Å². The zero-order chi connectivity index (χ0) is 16.6. The van der Waals surface area contributed by atoms with E-state index in [1.165, 1.54) is 0 Å². The van der Waals surface area contributed by atoms with Crippen molar-refractivity contribution in [1.29, 1.82) is 5.26 Å². The zero-order valence-corrected chi connectivity index (χ0v) is 13.1. The Hall–Kier alpha value is -3.38. The van der Waals surface area contributed by atoms with Gasteiger partial charge in [-0.3, -0.25) is 4.98 Å². The molecule has 0 spiro atoms. The molecule has 0 bridgehead atoms. The minimum absolute atomic E-state index is 0.467. The maximum absolute atomic E-state index is 8.82. The zero-order valence-electron chi connectivity index (χ0n) is 13.1. The lowest BCUT2D eigenvalue weighted by molar-refractivity contribution is 0.306. The number of pyridine rings is 1. The molecule has 1 aromatic heterocycles. The lowest BCUT2D eigenvalue weighted by Crippen LogP contribution is -1.97. The summed E-state index contributed by atoms with van der Waals surface area (Å²) in [6.45, 7) is 0.467. The van der Waals surface area contributed by atoms with Gasteiger partial charge >= 0.3 is 0 Å². The Balaban J connectivity index is 1.72. The summed E-state index contributed by atoms with van der Waals surface area (Å²) in [6, 6.07) is 23.1. The minimum atomic E-state index is 0.467. The fourth-order valence-corrected chi connectivity index (χ4v) is 2.26. The Morgan fingerprint density at radius 3 is 2.46 bits per heavy atom. The van der Waals surface area contributed by atoms with E-state index in [0.29, 0.717) is 12.2 Å². The van der Waals surface area contributed by atoms with Crippen molar-refractivity contribution in [2.75, 3.05) is 0 Å². The Labute approximate surface area is 141 Å². The quantitative estimate of drug-likeness (QED) is 0.686.